The van der Waals surface area contributed by atoms with Crippen LogP contribution in [0, 0.1) is 11.3 Å². The number of amides is 1. The highest BCUT2D eigenvalue weighted by atomic mass is 79.9. The van der Waals surface area contributed by atoms with Gasteiger partial charge in [0, 0.05) is 10.2 Å². The fraction of sp³-hybridized carbons (Fsp3) is 0.0435. The largest absolute Gasteiger partial charge is 0.487 e. The Bertz CT molecular complexity index is 1220. The van der Waals surface area contributed by atoms with Crippen LogP contribution < -0.4 is 10.1 Å². The second-order valence-corrected chi connectivity index (χ2v) is 9.92. The van der Waals surface area contributed by atoms with Gasteiger partial charge in [-0.05, 0) is 91.5 Å². The maximum Gasteiger partial charge on any atom is 0.266 e. The van der Waals surface area contributed by atoms with E-state index in [1.807, 2.05) is 30.3 Å². The molecule has 4 nitrogen and oxygen atoms in total. The van der Waals surface area contributed by atoms with E-state index in [1.165, 1.54) is 12.1 Å². The summed E-state index contributed by atoms with van der Waals surface area (Å²) in [4.78, 5) is 12.5. The standard InChI is InChI=1S/C23H13Br3Cl2N2O2/c24-16-3-1-13(2-4-16)12-32-22-18(25)8-14(9-19(22)26)7-15(11-29)23(31)30-17-5-6-20(27)21(28)10-17/h1-10H,12H2,(H,30,31)/b15-7+. The minimum atomic E-state index is -0.561. The number of anilines is 1. The lowest BCUT2D eigenvalue weighted by Gasteiger charge is -2.12. The average molecular weight is 660 g/mol. The third-order valence-electron chi connectivity index (χ3n) is 4.17. The number of carbonyl (C=O) groups is 1. The van der Waals surface area contributed by atoms with Gasteiger partial charge in [0.15, 0.2) is 0 Å². The molecule has 0 heterocycles. The maximum absolute atomic E-state index is 12.5. The van der Waals surface area contributed by atoms with Crippen LogP contribution in [0.3, 0.4) is 0 Å². The van der Waals surface area contributed by atoms with Gasteiger partial charge in [-0.2, -0.15) is 5.26 Å². The summed E-state index contributed by atoms with van der Waals surface area (Å²) in [6.07, 6.45) is 1.49. The number of carbonyl (C=O) groups excluding carboxylic acids is 1. The summed E-state index contributed by atoms with van der Waals surface area (Å²) < 4.78 is 8.28. The van der Waals surface area contributed by atoms with Crippen LogP contribution in [0.15, 0.2) is 73.6 Å². The molecule has 0 atom stereocenters. The molecular formula is C23H13Br3Cl2N2O2. The maximum atomic E-state index is 12.5. The predicted octanol–water partition coefficient (Wildman–Crippen LogP) is 8.41. The third-order valence-corrected chi connectivity index (χ3v) is 6.62. The van der Waals surface area contributed by atoms with Crippen molar-refractivity contribution in [3.05, 3.63) is 94.8 Å². The van der Waals surface area contributed by atoms with Gasteiger partial charge in [-0.25, -0.2) is 0 Å². The number of halogens is 5. The Balaban J connectivity index is 1.77. The third kappa shape index (κ3) is 6.60. The molecule has 0 aliphatic carbocycles. The van der Waals surface area contributed by atoms with Gasteiger partial charge in [0.05, 0.1) is 19.0 Å². The molecule has 0 aliphatic heterocycles. The molecule has 0 fully saturated rings. The number of nitrogens with zero attached hydrogens (tertiary/aromatic N) is 1. The first kappa shape index (κ1) is 24.8. The number of nitriles is 1. The molecule has 3 aromatic rings. The molecule has 3 rings (SSSR count). The van der Waals surface area contributed by atoms with Crippen LogP contribution in [-0.2, 0) is 11.4 Å². The predicted molar refractivity (Wildman–Crippen MR) is 139 cm³/mol. The topological polar surface area (TPSA) is 62.1 Å². The molecule has 0 saturated carbocycles. The van der Waals surface area contributed by atoms with Gasteiger partial charge in [0.1, 0.15) is 24.0 Å². The second kappa shape index (κ2) is 11.4. The summed E-state index contributed by atoms with van der Waals surface area (Å²) in [5, 5.41) is 12.8. The molecule has 0 aliphatic rings. The quantitative estimate of drug-likeness (QED) is 0.214. The van der Waals surface area contributed by atoms with Crippen LogP contribution in [0.2, 0.25) is 10.0 Å². The van der Waals surface area contributed by atoms with Crippen molar-refractivity contribution in [2.24, 2.45) is 0 Å². The first-order valence-corrected chi connectivity index (χ1v) is 12.1. The van der Waals surface area contributed by atoms with Gasteiger partial charge in [-0.1, -0.05) is 51.3 Å². The zero-order chi connectivity index (χ0) is 23.3. The Kier molecular flexibility index (Phi) is 8.80. The van der Waals surface area contributed by atoms with Crippen LogP contribution in [0.25, 0.3) is 6.08 Å². The molecule has 0 aromatic heterocycles. The highest BCUT2D eigenvalue weighted by Crippen LogP contribution is 2.36. The smallest absolute Gasteiger partial charge is 0.266 e. The molecule has 0 bridgehead atoms. The van der Waals surface area contributed by atoms with Crippen molar-refractivity contribution in [2.45, 2.75) is 6.61 Å². The van der Waals surface area contributed by atoms with E-state index in [-0.39, 0.29) is 5.57 Å². The lowest BCUT2D eigenvalue weighted by Crippen LogP contribution is -2.13. The van der Waals surface area contributed by atoms with Crippen molar-refractivity contribution < 1.29 is 9.53 Å². The Morgan fingerprint density at radius 1 is 1.00 bits per heavy atom. The summed E-state index contributed by atoms with van der Waals surface area (Å²) in [7, 11) is 0. The first-order valence-electron chi connectivity index (χ1n) is 9.01. The molecule has 162 valence electrons. The monoisotopic (exact) mass is 656 g/mol. The lowest BCUT2D eigenvalue weighted by atomic mass is 10.1. The molecule has 1 N–H and O–H groups in total. The number of hydrogen-bond acceptors (Lipinski definition) is 3. The highest BCUT2D eigenvalue weighted by Gasteiger charge is 2.13. The zero-order valence-electron chi connectivity index (χ0n) is 16.1. The average Bonchev–Trinajstić information content (AvgIpc) is 2.75. The van der Waals surface area contributed by atoms with Crippen molar-refractivity contribution in [1.29, 1.82) is 5.26 Å². The number of benzene rings is 3. The zero-order valence-corrected chi connectivity index (χ0v) is 22.4. The van der Waals surface area contributed by atoms with Gasteiger partial charge in [-0.15, -0.1) is 0 Å². The van der Waals surface area contributed by atoms with Crippen LogP contribution in [-0.4, -0.2) is 5.91 Å². The number of hydrogen-bond donors (Lipinski definition) is 1. The van der Waals surface area contributed by atoms with Crippen LogP contribution in [0.5, 0.6) is 5.75 Å². The van der Waals surface area contributed by atoms with Crippen LogP contribution in [0.4, 0.5) is 5.69 Å². The SMILES string of the molecule is N#C/C(=C\c1cc(Br)c(OCc2ccc(Br)cc2)c(Br)c1)C(=O)Nc1ccc(Cl)c(Cl)c1. The van der Waals surface area contributed by atoms with E-state index in [0.29, 0.717) is 42.6 Å². The summed E-state index contributed by atoms with van der Waals surface area (Å²) in [5.41, 5.74) is 2.02. The minimum Gasteiger partial charge on any atom is -0.487 e. The number of ether oxygens (including phenoxy) is 1. The summed E-state index contributed by atoms with van der Waals surface area (Å²) >= 11 is 22.3. The Morgan fingerprint density at radius 2 is 1.66 bits per heavy atom. The fourth-order valence-electron chi connectivity index (χ4n) is 2.62. The lowest BCUT2D eigenvalue weighted by molar-refractivity contribution is -0.112. The van der Waals surface area contributed by atoms with Crippen molar-refractivity contribution in [3.63, 3.8) is 0 Å². The molecule has 3 aromatic carbocycles. The Hall–Kier alpha value is -1.82. The highest BCUT2D eigenvalue weighted by molar-refractivity contribution is 9.11. The molecule has 0 unspecified atom stereocenters. The minimum absolute atomic E-state index is 0.0709. The van der Waals surface area contributed by atoms with E-state index in [2.05, 4.69) is 53.1 Å². The van der Waals surface area contributed by atoms with Gasteiger partial charge < -0.3 is 10.1 Å². The van der Waals surface area contributed by atoms with Gasteiger partial charge in [0.25, 0.3) is 5.91 Å². The molecule has 0 radical (unpaired) electrons. The number of nitrogens with one attached hydrogen (secondary N) is 1. The molecule has 1 amide bonds. The van der Waals surface area contributed by atoms with Gasteiger partial charge in [-0.3, -0.25) is 4.79 Å². The Morgan fingerprint density at radius 3 is 2.25 bits per heavy atom. The van der Waals surface area contributed by atoms with E-state index in [0.717, 1.165) is 10.0 Å². The van der Waals surface area contributed by atoms with Gasteiger partial charge in [0.2, 0.25) is 0 Å². The molecule has 0 saturated heterocycles. The van der Waals surface area contributed by atoms with Crippen LogP contribution >= 0.6 is 71.0 Å². The molecule has 32 heavy (non-hydrogen) atoms. The number of rotatable bonds is 6. The summed E-state index contributed by atoms with van der Waals surface area (Å²) in [6.45, 7) is 0.384. The molecular weight excluding hydrogens is 647 g/mol. The van der Waals surface area contributed by atoms with Gasteiger partial charge >= 0.3 is 0 Å². The van der Waals surface area contributed by atoms with Crippen molar-refractivity contribution in [2.75, 3.05) is 5.32 Å². The van der Waals surface area contributed by atoms with E-state index >= 15 is 0 Å². The van der Waals surface area contributed by atoms with E-state index < -0.39 is 5.91 Å². The second-order valence-electron chi connectivity index (χ2n) is 6.48. The summed E-state index contributed by atoms with van der Waals surface area (Å²) in [6, 6.07) is 18.0. The van der Waals surface area contributed by atoms with E-state index in [9.17, 15) is 10.1 Å². The van der Waals surface area contributed by atoms with E-state index in [4.69, 9.17) is 27.9 Å². The summed E-state index contributed by atoms with van der Waals surface area (Å²) in [5.74, 6) is 0.0533. The Labute approximate surface area is 220 Å². The van der Waals surface area contributed by atoms with Crippen molar-refractivity contribution in [1.82, 2.24) is 0 Å². The fourth-order valence-corrected chi connectivity index (χ4v) is 4.64. The first-order chi connectivity index (χ1) is 15.3. The van der Waals surface area contributed by atoms with E-state index in [1.54, 1.807) is 24.3 Å². The molecule has 0 spiro atoms. The molecule has 9 heteroatoms. The van der Waals surface area contributed by atoms with Crippen molar-refractivity contribution >= 4 is 88.7 Å². The van der Waals surface area contributed by atoms with Crippen molar-refractivity contribution in [3.8, 4) is 11.8 Å². The normalized spacial score (nSPS) is 11.1. The van der Waals surface area contributed by atoms with Crippen LogP contribution in [0.1, 0.15) is 11.1 Å².